The highest BCUT2D eigenvalue weighted by Crippen LogP contribution is 2.33. The number of nitrogens with zero attached hydrogens (tertiary/aromatic N) is 3. The van der Waals surface area contributed by atoms with Crippen molar-refractivity contribution in [2.75, 3.05) is 12.4 Å². The molecule has 29 heavy (non-hydrogen) atoms. The highest BCUT2D eigenvalue weighted by molar-refractivity contribution is 7.80. The van der Waals surface area contributed by atoms with Crippen molar-refractivity contribution >= 4 is 64.0 Å². The summed E-state index contributed by atoms with van der Waals surface area (Å²) in [7, 11) is 1.43. The van der Waals surface area contributed by atoms with E-state index >= 15 is 0 Å². The molecule has 3 aromatic rings. The van der Waals surface area contributed by atoms with Gasteiger partial charge >= 0.3 is 0 Å². The summed E-state index contributed by atoms with van der Waals surface area (Å²) in [6.45, 7) is 1.59. The number of aryl methyl sites for hydroxylation is 1. The number of hydrogen-bond donors (Lipinski definition) is 2. The maximum atomic E-state index is 12.8. The molecule has 0 unspecified atom stereocenters. The number of anilines is 1. The van der Waals surface area contributed by atoms with E-state index in [1.165, 1.54) is 13.2 Å². The van der Waals surface area contributed by atoms with Crippen LogP contribution in [0.4, 0.5) is 5.95 Å². The van der Waals surface area contributed by atoms with E-state index in [1.807, 2.05) is 0 Å². The largest absolute Gasteiger partial charge is 0.481 e. The van der Waals surface area contributed by atoms with Crippen LogP contribution >= 0.6 is 47.0 Å². The monoisotopic (exact) mass is 471 g/mol. The molecule has 0 radical (unpaired) electrons. The summed E-state index contributed by atoms with van der Waals surface area (Å²) in [4.78, 5) is 20.8. The molecule has 8 nitrogen and oxygen atoms in total. The predicted octanol–water partition coefficient (Wildman–Crippen LogP) is 4.54. The second-order valence-corrected chi connectivity index (χ2v) is 7.19. The molecule has 0 bridgehead atoms. The van der Waals surface area contributed by atoms with E-state index in [9.17, 15) is 4.79 Å². The average molecular weight is 473 g/mol. The number of amides is 1. The van der Waals surface area contributed by atoms with Crippen molar-refractivity contribution in [1.82, 2.24) is 20.4 Å². The van der Waals surface area contributed by atoms with E-state index in [2.05, 4.69) is 25.8 Å². The quantitative estimate of drug-likeness (QED) is 0.421. The first-order chi connectivity index (χ1) is 13.8. The second-order valence-electron chi connectivity index (χ2n) is 5.55. The van der Waals surface area contributed by atoms with E-state index in [1.54, 1.807) is 25.1 Å². The molecule has 150 valence electrons. The molecule has 0 saturated carbocycles. The molecule has 0 fully saturated rings. The summed E-state index contributed by atoms with van der Waals surface area (Å²) in [5.41, 5.74) is 0.910. The molecule has 0 aliphatic carbocycles. The summed E-state index contributed by atoms with van der Waals surface area (Å²) < 4.78 is 10.2. The lowest BCUT2D eigenvalue weighted by molar-refractivity contribution is 0.0977. The summed E-state index contributed by atoms with van der Waals surface area (Å²) in [5, 5.41) is 9.97. The molecular formula is C17H12Cl3N5O3S. The summed E-state index contributed by atoms with van der Waals surface area (Å²) in [5.74, 6) is 0.0158. The predicted molar refractivity (Wildman–Crippen MR) is 114 cm³/mol. The molecule has 12 heteroatoms. The Balaban J connectivity index is 1.82. The molecule has 3 rings (SSSR count). The van der Waals surface area contributed by atoms with Gasteiger partial charge in [-0.25, -0.2) is 4.98 Å². The van der Waals surface area contributed by atoms with Crippen molar-refractivity contribution in [2.45, 2.75) is 6.92 Å². The molecule has 0 spiro atoms. The van der Waals surface area contributed by atoms with Gasteiger partial charge in [-0.1, -0.05) is 40.0 Å². The average Bonchev–Trinajstić information content (AvgIpc) is 3.02. The lowest BCUT2D eigenvalue weighted by Crippen LogP contribution is -2.35. The van der Waals surface area contributed by atoms with Crippen LogP contribution < -0.4 is 15.4 Å². The fourth-order valence-corrected chi connectivity index (χ4v) is 3.22. The third kappa shape index (κ3) is 4.94. The molecule has 2 aromatic heterocycles. The minimum atomic E-state index is -0.559. The molecule has 0 aliphatic rings. The Morgan fingerprint density at radius 1 is 1.21 bits per heavy atom. The second kappa shape index (κ2) is 8.91. The van der Waals surface area contributed by atoms with Crippen LogP contribution in [0.2, 0.25) is 15.2 Å². The maximum absolute atomic E-state index is 12.8. The number of ether oxygens (including phenoxy) is 1. The Hall–Kier alpha value is -2.46. The Bertz CT molecular complexity index is 1110. The van der Waals surface area contributed by atoms with Crippen LogP contribution in [0.25, 0.3) is 11.3 Å². The van der Waals surface area contributed by atoms with Crippen LogP contribution in [0.1, 0.15) is 16.1 Å². The van der Waals surface area contributed by atoms with Crippen molar-refractivity contribution in [3.63, 3.8) is 0 Å². The van der Waals surface area contributed by atoms with Crippen molar-refractivity contribution in [3.05, 3.63) is 50.8 Å². The topological polar surface area (TPSA) is 102 Å². The molecule has 0 aliphatic heterocycles. The van der Waals surface area contributed by atoms with Gasteiger partial charge in [0.2, 0.25) is 11.8 Å². The summed E-state index contributed by atoms with van der Waals surface area (Å²) in [6, 6.07) is 6.24. The molecule has 2 N–H and O–H groups in total. The molecular weight excluding hydrogens is 461 g/mol. The van der Waals surface area contributed by atoms with Crippen LogP contribution in [0.15, 0.2) is 28.8 Å². The summed E-state index contributed by atoms with van der Waals surface area (Å²) >= 11 is 23.2. The third-order valence-corrected chi connectivity index (χ3v) is 4.55. The third-order valence-electron chi connectivity index (χ3n) is 3.61. The van der Waals surface area contributed by atoms with E-state index in [0.717, 1.165) is 0 Å². The van der Waals surface area contributed by atoms with Gasteiger partial charge in [-0.2, -0.15) is 4.98 Å². The Morgan fingerprint density at radius 3 is 2.66 bits per heavy atom. The van der Waals surface area contributed by atoms with Crippen LogP contribution in [-0.2, 0) is 0 Å². The van der Waals surface area contributed by atoms with Crippen molar-refractivity contribution < 1.29 is 14.1 Å². The molecule has 0 saturated heterocycles. The minimum absolute atomic E-state index is 0.0580. The van der Waals surface area contributed by atoms with Gasteiger partial charge in [-0.3, -0.25) is 10.1 Å². The Labute approximate surface area is 185 Å². The zero-order chi connectivity index (χ0) is 21.1. The van der Waals surface area contributed by atoms with Gasteiger partial charge in [0, 0.05) is 16.7 Å². The van der Waals surface area contributed by atoms with Gasteiger partial charge in [0.05, 0.1) is 12.1 Å². The van der Waals surface area contributed by atoms with Gasteiger partial charge in [0.15, 0.2) is 5.11 Å². The Kier molecular flexibility index (Phi) is 6.53. The number of benzene rings is 1. The van der Waals surface area contributed by atoms with Crippen LogP contribution in [0.3, 0.4) is 0 Å². The first-order valence-electron chi connectivity index (χ1n) is 7.91. The number of rotatable bonds is 4. The van der Waals surface area contributed by atoms with E-state index in [-0.39, 0.29) is 39.1 Å². The Morgan fingerprint density at radius 2 is 1.97 bits per heavy atom. The molecule has 1 aromatic carbocycles. The first-order valence-corrected chi connectivity index (χ1v) is 9.45. The number of carbonyl (C=O) groups is 1. The number of thiocarbonyl (C=S) groups is 1. The molecule has 2 heterocycles. The van der Waals surface area contributed by atoms with E-state index in [4.69, 9.17) is 56.3 Å². The molecule has 1 amide bonds. The first kappa shape index (κ1) is 21.3. The van der Waals surface area contributed by atoms with Crippen LogP contribution in [0, 0.1) is 6.92 Å². The summed E-state index contributed by atoms with van der Waals surface area (Å²) in [6.07, 6.45) is 0. The number of nitrogens with one attached hydrogen (secondary N) is 2. The van der Waals surface area contributed by atoms with Crippen molar-refractivity contribution in [3.8, 4) is 17.1 Å². The van der Waals surface area contributed by atoms with Crippen molar-refractivity contribution in [1.29, 1.82) is 0 Å². The highest BCUT2D eigenvalue weighted by atomic mass is 35.5. The number of halogens is 3. The van der Waals surface area contributed by atoms with Gasteiger partial charge in [0.1, 0.15) is 22.2 Å². The van der Waals surface area contributed by atoms with Crippen LogP contribution in [0.5, 0.6) is 5.88 Å². The fraction of sp³-hybridized carbons (Fsp3) is 0.118. The maximum Gasteiger partial charge on any atom is 0.263 e. The zero-order valence-corrected chi connectivity index (χ0v) is 18.0. The van der Waals surface area contributed by atoms with Gasteiger partial charge in [-0.05, 0) is 37.3 Å². The van der Waals surface area contributed by atoms with Gasteiger partial charge in [-0.15, -0.1) is 0 Å². The smallest absolute Gasteiger partial charge is 0.263 e. The SMILES string of the molecule is COc1cc(Cl)nc(NC(=S)NC(=O)c2c(-c3ccc(Cl)cc3Cl)noc2C)n1. The van der Waals surface area contributed by atoms with Crippen LogP contribution in [-0.4, -0.2) is 33.3 Å². The number of aromatic nitrogens is 3. The standard InChI is InChI=1S/C17H12Cl3N5O3S/c1-7-13(14(25-28-7)9-4-3-8(18)5-10(9)19)15(26)23-17(29)24-16-21-11(20)6-12(22-16)27-2/h3-6H,1-2H3,(H2,21,22,23,24,26,29). The normalized spacial score (nSPS) is 10.5. The lowest BCUT2D eigenvalue weighted by atomic mass is 10.1. The number of methoxy groups -OCH3 is 1. The van der Waals surface area contributed by atoms with Crippen molar-refractivity contribution in [2.24, 2.45) is 0 Å². The number of carbonyl (C=O) groups excluding carboxylic acids is 1. The number of hydrogen-bond acceptors (Lipinski definition) is 7. The van der Waals surface area contributed by atoms with Gasteiger partial charge < -0.3 is 14.6 Å². The zero-order valence-electron chi connectivity index (χ0n) is 14.9. The van der Waals surface area contributed by atoms with Gasteiger partial charge in [0.25, 0.3) is 5.91 Å². The lowest BCUT2D eigenvalue weighted by Gasteiger charge is -2.10. The minimum Gasteiger partial charge on any atom is -0.481 e. The highest BCUT2D eigenvalue weighted by Gasteiger charge is 2.24. The van der Waals surface area contributed by atoms with E-state index < -0.39 is 5.91 Å². The fourth-order valence-electron chi connectivity index (χ4n) is 2.36. The molecule has 0 atom stereocenters. The van der Waals surface area contributed by atoms with E-state index in [0.29, 0.717) is 15.6 Å².